The van der Waals surface area contributed by atoms with Crippen molar-refractivity contribution in [3.63, 3.8) is 0 Å². The van der Waals surface area contributed by atoms with Gasteiger partial charge < -0.3 is 5.11 Å². The molecule has 0 atom stereocenters. The van der Waals surface area contributed by atoms with Gasteiger partial charge in [0.05, 0.1) is 5.69 Å². The van der Waals surface area contributed by atoms with E-state index in [0.29, 0.717) is 4.96 Å². The number of aromatic carboxylic acids is 1. The molecule has 0 amide bonds. The van der Waals surface area contributed by atoms with Crippen LogP contribution in [0, 0.1) is 5.82 Å². The van der Waals surface area contributed by atoms with Gasteiger partial charge in [-0.15, -0.1) is 11.3 Å². The number of hydrogen-bond acceptors (Lipinski definition) is 3. The third kappa shape index (κ3) is 1.67. The molecule has 2 aromatic heterocycles. The second-order valence-electron chi connectivity index (χ2n) is 3.71. The lowest BCUT2D eigenvalue weighted by atomic mass is 10.2. The molecule has 18 heavy (non-hydrogen) atoms. The molecule has 0 unspecified atom stereocenters. The van der Waals surface area contributed by atoms with E-state index in [2.05, 4.69) is 4.98 Å². The highest BCUT2D eigenvalue weighted by atomic mass is 32.1. The van der Waals surface area contributed by atoms with Crippen molar-refractivity contribution in [2.75, 3.05) is 0 Å². The van der Waals surface area contributed by atoms with Crippen LogP contribution in [0.25, 0.3) is 16.2 Å². The van der Waals surface area contributed by atoms with E-state index in [1.807, 2.05) is 5.38 Å². The summed E-state index contributed by atoms with van der Waals surface area (Å²) in [5, 5.41) is 10.7. The molecule has 0 aliphatic carbocycles. The monoisotopic (exact) mass is 262 g/mol. The van der Waals surface area contributed by atoms with Gasteiger partial charge in [0.15, 0.2) is 10.7 Å². The predicted octanol–water partition coefficient (Wildman–Crippen LogP) is 2.90. The number of imidazole rings is 1. The summed E-state index contributed by atoms with van der Waals surface area (Å²) in [7, 11) is 0. The number of carboxylic acids is 1. The highest BCUT2D eigenvalue weighted by molar-refractivity contribution is 7.15. The first-order valence-electron chi connectivity index (χ1n) is 5.11. The molecule has 0 saturated heterocycles. The second kappa shape index (κ2) is 3.92. The maximum atomic E-state index is 12.9. The maximum absolute atomic E-state index is 12.9. The minimum absolute atomic E-state index is 0.00483. The summed E-state index contributed by atoms with van der Waals surface area (Å²) in [6.45, 7) is 0. The molecule has 0 bridgehead atoms. The molecule has 1 aromatic carbocycles. The standard InChI is InChI=1S/C12H7FN2O2S/c13-8-3-1-7(2-4-8)10-6-18-12-14-9(11(16)17)5-15(10)12/h1-6H,(H,16,17). The molecule has 0 fully saturated rings. The Kier molecular flexibility index (Phi) is 2.38. The van der Waals surface area contributed by atoms with Gasteiger partial charge in [0, 0.05) is 11.6 Å². The summed E-state index contributed by atoms with van der Waals surface area (Å²) in [6.07, 6.45) is 1.47. The van der Waals surface area contributed by atoms with Crippen molar-refractivity contribution >= 4 is 22.3 Å². The van der Waals surface area contributed by atoms with Gasteiger partial charge in [-0.2, -0.15) is 0 Å². The SMILES string of the molecule is O=C(O)c1cn2c(-c3ccc(F)cc3)csc2n1. The van der Waals surface area contributed by atoms with Crippen LogP contribution in [-0.4, -0.2) is 20.5 Å². The first-order valence-corrected chi connectivity index (χ1v) is 5.99. The van der Waals surface area contributed by atoms with Crippen LogP contribution in [0.3, 0.4) is 0 Å². The Morgan fingerprint density at radius 2 is 2.06 bits per heavy atom. The Hall–Kier alpha value is -2.21. The van der Waals surface area contributed by atoms with Crippen molar-refractivity contribution in [2.45, 2.75) is 0 Å². The van der Waals surface area contributed by atoms with E-state index in [1.165, 1.54) is 29.7 Å². The van der Waals surface area contributed by atoms with Crippen molar-refractivity contribution in [3.8, 4) is 11.3 Å². The summed E-state index contributed by atoms with van der Waals surface area (Å²) in [5.74, 6) is -1.36. The molecule has 6 heteroatoms. The third-order valence-electron chi connectivity index (χ3n) is 2.57. The van der Waals surface area contributed by atoms with E-state index in [4.69, 9.17) is 5.11 Å². The quantitative estimate of drug-likeness (QED) is 0.772. The van der Waals surface area contributed by atoms with Crippen LogP contribution in [0.15, 0.2) is 35.8 Å². The zero-order chi connectivity index (χ0) is 12.7. The van der Waals surface area contributed by atoms with Crippen LogP contribution in [0.2, 0.25) is 0 Å². The van der Waals surface area contributed by atoms with Crippen LogP contribution >= 0.6 is 11.3 Å². The van der Waals surface area contributed by atoms with E-state index in [-0.39, 0.29) is 11.5 Å². The second-order valence-corrected chi connectivity index (χ2v) is 4.55. The summed E-state index contributed by atoms with van der Waals surface area (Å²) in [5.41, 5.74) is 1.62. The maximum Gasteiger partial charge on any atom is 0.356 e. The normalized spacial score (nSPS) is 10.9. The van der Waals surface area contributed by atoms with E-state index in [0.717, 1.165) is 11.3 Å². The topological polar surface area (TPSA) is 54.6 Å². The highest BCUT2D eigenvalue weighted by Gasteiger charge is 2.13. The van der Waals surface area contributed by atoms with Gasteiger partial charge in [-0.05, 0) is 29.8 Å². The fourth-order valence-electron chi connectivity index (χ4n) is 1.72. The molecule has 4 nitrogen and oxygen atoms in total. The Balaban J connectivity index is 2.17. The molecule has 90 valence electrons. The number of thiazole rings is 1. The number of benzene rings is 1. The highest BCUT2D eigenvalue weighted by Crippen LogP contribution is 2.26. The molecular formula is C12H7FN2O2S. The average molecular weight is 262 g/mol. The fourth-order valence-corrected chi connectivity index (χ4v) is 2.60. The molecule has 0 aliphatic heterocycles. The lowest BCUT2D eigenvalue weighted by Gasteiger charge is -1.98. The first kappa shape index (κ1) is 10.9. The zero-order valence-electron chi connectivity index (χ0n) is 9.00. The van der Waals surface area contributed by atoms with Crippen molar-refractivity contribution in [3.05, 3.63) is 47.4 Å². The molecule has 3 aromatic rings. The Bertz CT molecular complexity index is 730. The molecular weight excluding hydrogens is 255 g/mol. The molecule has 0 radical (unpaired) electrons. The summed E-state index contributed by atoms with van der Waals surface area (Å²) >= 11 is 1.35. The number of halogens is 1. The number of fused-ring (bicyclic) bond motifs is 1. The molecule has 0 aliphatic rings. The van der Waals surface area contributed by atoms with Crippen LogP contribution in [-0.2, 0) is 0 Å². The van der Waals surface area contributed by atoms with E-state index >= 15 is 0 Å². The van der Waals surface area contributed by atoms with Gasteiger partial charge in [0.25, 0.3) is 0 Å². The predicted molar refractivity (Wildman–Crippen MR) is 65.4 cm³/mol. The Labute approximate surface area is 105 Å². The van der Waals surface area contributed by atoms with Gasteiger partial charge in [0.2, 0.25) is 0 Å². The van der Waals surface area contributed by atoms with Crippen LogP contribution < -0.4 is 0 Å². The number of carbonyl (C=O) groups is 1. The van der Waals surface area contributed by atoms with Crippen LogP contribution in [0.4, 0.5) is 4.39 Å². The molecule has 0 spiro atoms. The third-order valence-corrected chi connectivity index (χ3v) is 3.41. The minimum Gasteiger partial charge on any atom is -0.476 e. The molecule has 3 rings (SSSR count). The summed E-state index contributed by atoms with van der Waals surface area (Å²) < 4.78 is 14.6. The van der Waals surface area contributed by atoms with E-state index < -0.39 is 5.97 Å². The fraction of sp³-hybridized carbons (Fsp3) is 0. The van der Waals surface area contributed by atoms with Crippen LogP contribution in [0.1, 0.15) is 10.5 Å². The average Bonchev–Trinajstić information content (AvgIpc) is 2.89. The number of nitrogens with zero attached hydrogens (tertiary/aromatic N) is 2. The lowest BCUT2D eigenvalue weighted by Crippen LogP contribution is -1.95. The van der Waals surface area contributed by atoms with E-state index in [9.17, 15) is 9.18 Å². The zero-order valence-corrected chi connectivity index (χ0v) is 9.82. The van der Waals surface area contributed by atoms with Gasteiger partial charge in [0.1, 0.15) is 5.82 Å². The molecule has 2 heterocycles. The van der Waals surface area contributed by atoms with Gasteiger partial charge >= 0.3 is 5.97 Å². The smallest absolute Gasteiger partial charge is 0.356 e. The van der Waals surface area contributed by atoms with Crippen molar-refractivity contribution in [1.29, 1.82) is 0 Å². The van der Waals surface area contributed by atoms with E-state index in [1.54, 1.807) is 16.5 Å². The number of rotatable bonds is 2. The van der Waals surface area contributed by atoms with Gasteiger partial charge in [-0.3, -0.25) is 4.40 Å². The lowest BCUT2D eigenvalue weighted by molar-refractivity contribution is 0.0691. The Morgan fingerprint density at radius 3 is 2.72 bits per heavy atom. The summed E-state index contributed by atoms with van der Waals surface area (Å²) in [6, 6.07) is 6.04. The van der Waals surface area contributed by atoms with Crippen molar-refractivity contribution < 1.29 is 14.3 Å². The Morgan fingerprint density at radius 1 is 1.33 bits per heavy atom. The van der Waals surface area contributed by atoms with Crippen molar-refractivity contribution in [2.24, 2.45) is 0 Å². The van der Waals surface area contributed by atoms with Gasteiger partial charge in [-0.1, -0.05) is 0 Å². The minimum atomic E-state index is -1.06. The largest absolute Gasteiger partial charge is 0.476 e. The number of carboxylic acid groups (broad SMARTS) is 1. The number of aromatic nitrogens is 2. The molecule has 0 saturated carbocycles. The number of hydrogen-bond donors (Lipinski definition) is 1. The van der Waals surface area contributed by atoms with Crippen LogP contribution in [0.5, 0.6) is 0 Å². The van der Waals surface area contributed by atoms with Gasteiger partial charge in [-0.25, -0.2) is 14.2 Å². The van der Waals surface area contributed by atoms with Crippen molar-refractivity contribution in [1.82, 2.24) is 9.38 Å². The summed E-state index contributed by atoms with van der Waals surface area (Å²) in [4.78, 5) is 15.4. The molecule has 1 N–H and O–H groups in total. The first-order chi connectivity index (χ1) is 8.65.